The molecule has 0 fully saturated rings. The first-order chi connectivity index (χ1) is 10.8. The summed E-state index contributed by atoms with van der Waals surface area (Å²) < 4.78 is 0. The van der Waals surface area contributed by atoms with Gasteiger partial charge in [-0.25, -0.2) is 0 Å². The molecule has 1 N–H and O–H groups in total. The van der Waals surface area contributed by atoms with Gasteiger partial charge in [0.05, 0.1) is 0 Å². The molecule has 0 radical (unpaired) electrons. The van der Waals surface area contributed by atoms with Crippen LogP contribution in [0.1, 0.15) is 49.0 Å². The fourth-order valence-corrected chi connectivity index (χ4v) is 2.82. The van der Waals surface area contributed by atoms with E-state index >= 15 is 0 Å². The summed E-state index contributed by atoms with van der Waals surface area (Å²) in [5.74, 6) is 0.240. The number of halogens is 1. The fraction of sp³-hybridized carbons (Fsp3) is 0.350. The Bertz CT molecular complexity index is 629. The van der Waals surface area contributed by atoms with Crippen LogP contribution < -0.4 is 5.32 Å². The average molecular weight is 330 g/mol. The zero-order valence-electron chi connectivity index (χ0n) is 14.0. The van der Waals surface area contributed by atoms with Crippen LogP contribution in [0.25, 0.3) is 0 Å². The maximum absolute atomic E-state index is 12.3. The summed E-state index contributed by atoms with van der Waals surface area (Å²) in [7, 11) is 0. The van der Waals surface area contributed by atoms with Gasteiger partial charge >= 0.3 is 0 Å². The maximum atomic E-state index is 12.3. The van der Waals surface area contributed by atoms with E-state index in [2.05, 4.69) is 38.2 Å². The van der Waals surface area contributed by atoms with Gasteiger partial charge in [-0.05, 0) is 41.7 Å². The van der Waals surface area contributed by atoms with Crippen LogP contribution in [0.2, 0.25) is 5.02 Å². The number of hydrogen-bond acceptors (Lipinski definition) is 1. The lowest BCUT2D eigenvalue weighted by Crippen LogP contribution is -2.30. The van der Waals surface area contributed by atoms with Crippen LogP contribution in [-0.2, 0) is 0 Å². The van der Waals surface area contributed by atoms with Crippen molar-refractivity contribution in [3.63, 3.8) is 0 Å². The van der Waals surface area contributed by atoms with Crippen LogP contribution in [0, 0.1) is 5.41 Å². The highest BCUT2D eigenvalue weighted by Gasteiger charge is 2.21. The fourth-order valence-electron chi connectivity index (χ4n) is 2.69. The first-order valence-electron chi connectivity index (χ1n) is 7.94. The second-order valence-corrected chi connectivity index (χ2v) is 7.53. The summed E-state index contributed by atoms with van der Waals surface area (Å²) in [5, 5.41) is 3.69. The quantitative estimate of drug-likeness (QED) is 0.793. The lowest BCUT2D eigenvalue weighted by molar-refractivity contribution is 0.0948. The summed E-state index contributed by atoms with van der Waals surface area (Å²) in [4.78, 5) is 12.3. The SMILES string of the molecule is CC(C)(C)CC(CNC(=O)c1ccc(Cl)cc1)c1ccccc1. The number of nitrogens with one attached hydrogen (secondary N) is 1. The van der Waals surface area contributed by atoms with Crippen molar-refractivity contribution in [3.05, 3.63) is 70.7 Å². The monoisotopic (exact) mass is 329 g/mol. The standard InChI is InChI=1S/C20H24ClNO/c1-20(2,3)13-17(15-7-5-4-6-8-15)14-22-19(23)16-9-11-18(21)12-10-16/h4-12,17H,13-14H2,1-3H3,(H,22,23). The number of rotatable bonds is 5. The lowest BCUT2D eigenvalue weighted by atomic mass is 9.81. The third kappa shape index (κ3) is 5.72. The van der Waals surface area contributed by atoms with E-state index in [0.29, 0.717) is 23.0 Å². The van der Waals surface area contributed by atoms with Crippen molar-refractivity contribution in [2.24, 2.45) is 5.41 Å². The molecule has 2 aromatic rings. The van der Waals surface area contributed by atoms with Crippen molar-refractivity contribution in [1.82, 2.24) is 5.32 Å². The minimum absolute atomic E-state index is 0.0588. The van der Waals surface area contributed by atoms with Crippen molar-refractivity contribution in [2.75, 3.05) is 6.54 Å². The predicted octanol–water partition coefficient (Wildman–Crippen LogP) is 5.29. The van der Waals surface area contributed by atoms with Gasteiger partial charge in [0, 0.05) is 23.0 Å². The molecule has 0 aliphatic heterocycles. The highest BCUT2D eigenvalue weighted by atomic mass is 35.5. The topological polar surface area (TPSA) is 29.1 Å². The zero-order valence-corrected chi connectivity index (χ0v) is 14.7. The van der Waals surface area contributed by atoms with Crippen molar-refractivity contribution >= 4 is 17.5 Å². The van der Waals surface area contributed by atoms with Crippen LogP contribution in [-0.4, -0.2) is 12.5 Å². The Balaban J connectivity index is 2.06. The molecular weight excluding hydrogens is 306 g/mol. The van der Waals surface area contributed by atoms with Gasteiger partial charge in [-0.15, -0.1) is 0 Å². The number of hydrogen-bond donors (Lipinski definition) is 1. The Kier molecular flexibility index (Phi) is 5.84. The van der Waals surface area contributed by atoms with Gasteiger partial charge in [-0.1, -0.05) is 62.7 Å². The minimum Gasteiger partial charge on any atom is -0.351 e. The van der Waals surface area contributed by atoms with E-state index in [0.717, 1.165) is 6.42 Å². The summed E-state index contributed by atoms with van der Waals surface area (Å²) in [6.07, 6.45) is 1.01. The van der Waals surface area contributed by atoms with E-state index in [-0.39, 0.29) is 11.3 Å². The molecule has 1 unspecified atom stereocenters. The molecule has 1 atom stereocenters. The Morgan fingerprint density at radius 1 is 1.04 bits per heavy atom. The molecule has 0 heterocycles. The highest BCUT2D eigenvalue weighted by Crippen LogP contribution is 2.30. The van der Waals surface area contributed by atoms with Crippen LogP contribution in [0.15, 0.2) is 54.6 Å². The van der Waals surface area contributed by atoms with Gasteiger partial charge in [0.15, 0.2) is 0 Å². The molecule has 2 nitrogen and oxygen atoms in total. The van der Waals surface area contributed by atoms with Gasteiger partial charge in [0.25, 0.3) is 5.91 Å². The molecule has 0 bridgehead atoms. The van der Waals surface area contributed by atoms with E-state index in [4.69, 9.17) is 11.6 Å². The molecule has 0 aliphatic carbocycles. The smallest absolute Gasteiger partial charge is 0.251 e. The van der Waals surface area contributed by atoms with Crippen molar-refractivity contribution in [2.45, 2.75) is 33.1 Å². The molecule has 2 rings (SSSR count). The van der Waals surface area contributed by atoms with Crippen molar-refractivity contribution < 1.29 is 4.79 Å². The molecule has 3 heteroatoms. The number of amides is 1. The summed E-state index contributed by atoms with van der Waals surface area (Å²) in [6, 6.07) is 17.3. The van der Waals surface area contributed by atoms with E-state index < -0.39 is 0 Å². The maximum Gasteiger partial charge on any atom is 0.251 e. The van der Waals surface area contributed by atoms with Crippen molar-refractivity contribution in [3.8, 4) is 0 Å². The summed E-state index contributed by atoms with van der Waals surface area (Å²) in [6.45, 7) is 7.31. The minimum atomic E-state index is -0.0588. The zero-order chi connectivity index (χ0) is 16.9. The molecule has 0 aliphatic rings. The van der Waals surface area contributed by atoms with E-state index in [1.807, 2.05) is 18.2 Å². The van der Waals surface area contributed by atoms with E-state index in [1.165, 1.54) is 5.56 Å². The molecule has 1 amide bonds. The van der Waals surface area contributed by atoms with E-state index in [9.17, 15) is 4.79 Å². The Labute approximate surface area is 143 Å². The van der Waals surface area contributed by atoms with Crippen molar-refractivity contribution in [1.29, 1.82) is 0 Å². The van der Waals surface area contributed by atoms with Crippen LogP contribution in [0.5, 0.6) is 0 Å². The largest absolute Gasteiger partial charge is 0.351 e. The molecule has 0 spiro atoms. The Hall–Kier alpha value is -1.80. The molecule has 2 aromatic carbocycles. The number of benzene rings is 2. The summed E-state index contributed by atoms with van der Waals surface area (Å²) >= 11 is 5.86. The normalized spacial score (nSPS) is 12.7. The predicted molar refractivity (Wildman–Crippen MR) is 97.0 cm³/mol. The second-order valence-electron chi connectivity index (χ2n) is 7.09. The lowest BCUT2D eigenvalue weighted by Gasteiger charge is -2.26. The van der Waals surface area contributed by atoms with Gasteiger partial charge in [0.2, 0.25) is 0 Å². The number of carbonyl (C=O) groups is 1. The first-order valence-corrected chi connectivity index (χ1v) is 8.32. The van der Waals surface area contributed by atoms with Crippen LogP contribution in [0.3, 0.4) is 0 Å². The molecular formula is C20H24ClNO. The molecule has 122 valence electrons. The van der Waals surface area contributed by atoms with Gasteiger partial charge < -0.3 is 5.32 Å². The van der Waals surface area contributed by atoms with Gasteiger partial charge in [0.1, 0.15) is 0 Å². The summed E-state index contributed by atoms with van der Waals surface area (Å²) in [5.41, 5.74) is 2.10. The molecule has 0 saturated heterocycles. The second kappa shape index (κ2) is 7.65. The highest BCUT2D eigenvalue weighted by molar-refractivity contribution is 6.30. The molecule has 0 aromatic heterocycles. The van der Waals surface area contributed by atoms with Gasteiger partial charge in [-0.3, -0.25) is 4.79 Å². The van der Waals surface area contributed by atoms with Crippen LogP contribution >= 0.6 is 11.6 Å². The number of carbonyl (C=O) groups excluding carboxylic acids is 1. The van der Waals surface area contributed by atoms with Crippen LogP contribution in [0.4, 0.5) is 0 Å². The Morgan fingerprint density at radius 2 is 1.65 bits per heavy atom. The Morgan fingerprint density at radius 3 is 2.22 bits per heavy atom. The average Bonchev–Trinajstić information content (AvgIpc) is 2.51. The van der Waals surface area contributed by atoms with E-state index in [1.54, 1.807) is 24.3 Å². The molecule has 23 heavy (non-hydrogen) atoms. The third-order valence-electron chi connectivity index (χ3n) is 3.75. The first kappa shape index (κ1) is 17.6. The third-order valence-corrected chi connectivity index (χ3v) is 4.00. The molecule has 0 saturated carbocycles. The van der Waals surface area contributed by atoms with Gasteiger partial charge in [-0.2, -0.15) is 0 Å².